The molecule has 2 N–H and O–H groups in total. The van der Waals surface area contributed by atoms with Crippen molar-refractivity contribution in [3.8, 4) is 11.5 Å². The van der Waals surface area contributed by atoms with Gasteiger partial charge in [-0.2, -0.15) is 11.8 Å². The number of rotatable bonds is 7. The molecule has 1 aliphatic rings. The van der Waals surface area contributed by atoms with E-state index in [1.165, 1.54) is 18.6 Å². The maximum atomic E-state index is 5.95. The molecule has 0 radical (unpaired) electrons. The third kappa shape index (κ3) is 7.13. The Morgan fingerprint density at radius 1 is 1.32 bits per heavy atom. The lowest BCUT2D eigenvalue weighted by Gasteiger charge is -2.25. The normalized spacial score (nSPS) is 21.2. The fourth-order valence-corrected chi connectivity index (χ4v) is 3.93. The average Bonchev–Trinajstić information content (AvgIpc) is 3.02. The summed E-state index contributed by atoms with van der Waals surface area (Å²) in [6, 6.07) is 7.69. The maximum Gasteiger partial charge on any atom is 0.191 e. The number of para-hydroxylation sites is 2. The minimum Gasteiger partial charge on any atom is -0.493 e. The van der Waals surface area contributed by atoms with E-state index >= 15 is 0 Å². The summed E-state index contributed by atoms with van der Waals surface area (Å²) in [5, 5.41) is 6.76. The van der Waals surface area contributed by atoms with E-state index in [9.17, 15) is 0 Å². The Bertz CT molecular complexity index is 551. The molecule has 2 atom stereocenters. The number of halogens is 1. The Kier molecular flexibility index (Phi) is 9.78. The molecule has 1 aliphatic heterocycles. The van der Waals surface area contributed by atoms with Gasteiger partial charge in [-0.15, -0.1) is 24.0 Å². The fourth-order valence-electron chi connectivity index (χ4n) is 2.68. The van der Waals surface area contributed by atoms with Gasteiger partial charge in [0.05, 0.1) is 13.7 Å². The largest absolute Gasteiger partial charge is 0.493 e. The lowest BCUT2D eigenvalue weighted by atomic mass is 10.1. The van der Waals surface area contributed by atoms with Crippen molar-refractivity contribution in [1.82, 2.24) is 10.6 Å². The van der Waals surface area contributed by atoms with Crippen LogP contribution in [-0.4, -0.2) is 49.8 Å². The Hall–Kier alpha value is -0.830. The van der Waals surface area contributed by atoms with Crippen molar-refractivity contribution in [1.29, 1.82) is 0 Å². The van der Waals surface area contributed by atoms with Gasteiger partial charge in [-0.1, -0.05) is 12.1 Å². The maximum absolute atomic E-state index is 5.95. The standard InChI is InChI=1S/C18H29N3O2S.HI/c1-14(23-16-9-6-5-8-15(16)22-4)12-20-17(19-3)21-13-18(2)10-7-11-24-18;/h5-6,8-9,14H,7,10-13H2,1-4H3,(H2,19,20,21);1H. The van der Waals surface area contributed by atoms with E-state index < -0.39 is 0 Å². The van der Waals surface area contributed by atoms with Crippen LogP contribution < -0.4 is 20.1 Å². The second-order valence-electron chi connectivity index (χ2n) is 6.29. The molecule has 142 valence electrons. The SMILES string of the molecule is CN=C(NCC(C)Oc1ccccc1OC)NCC1(C)CCCS1.I. The minimum atomic E-state index is -0.00343. The molecule has 1 heterocycles. The van der Waals surface area contributed by atoms with Gasteiger partial charge in [0.2, 0.25) is 0 Å². The number of hydrogen-bond acceptors (Lipinski definition) is 4. The number of hydrogen-bond donors (Lipinski definition) is 2. The molecule has 2 unspecified atom stereocenters. The topological polar surface area (TPSA) is 54.9 Å². The summed E-state index contributed by atoms with van der Waals surface area (Å²) in [5.74, 6) is 3.58. The second kappa shape index (κ2) is 11.0. The van der Waals surface area contributed by atoms with Crippen molar-refractivity contribution in [2.24, 2.45) is 4.99 Å². The van der Waals surface area contributed by atoms with Gasteiger partial charge in [-0.25, -0.2) is 0 Å². The number of guanidine groups is 1. The van der Waals surface area contributed by atoms with Gasteiger partial charge in [0.15, 0.2) is 17.5 Å². The molecule has 1 fully saturated rings. The predicted molar refractivity (Wildman–Crippen MR) is 118 cm³/mol. The van der Waals surface area contributed by atoms with Crippen molar-refractivity contribution in [2.75, 3.05) is 33.0 Å². The van der Waals surface area contributed by atoms with E-state index in [-0.39, 0.29) is 30.1 Å². The fraction of sp³-hybridized carbons (Fsp3) is 0.611. The summed E-state index contributed by atoms with van der Waals surface area (Å²) in [6.45, 7) is 5.94. The van der Waals surface area contributed by atoms with Crippen LogP contribution in [0.2, 0.25) is 0 Å². The van der Waals surface area contributed by atoms with Gasteiger partial charge in [0.25, 0.3) is 0 Å². The Morgan fingerprint density at radius 3 is 2.64 bits per heavy atom. The van der Waals surface area contributed by atoms with Crippen molar-refractivity contribution in [2.45, 2.75) is 37.5 Å². The minimum absolute atomic E-state index is 0. The zero-order valence-corrected chi connectivity index (χ0v) is 18.6. The monoisotopic (exact) mass is 479 g/mol. The molecular formula is C18H30IN3O2S. The van der Waals surface area contributed by atoms with Crippen LogP contribution in [0.5, 0.6) is 11.5 Å². The first-order chi connectivity index (χ1) is 11.6. The first-order valence-electron chi connectivity index (χ1n) is 8.44. The summed E-state index contributed by atoms with van der Waals surface area (Å²) >= 11 is 2.04. The smallest absolute Gasteiger partial charge is 0.191 e. The van der Waals surface area contributed by atoms with E-state index in [0.717, 1.165) is 24.0 Å². The molecule has 0 amide bonds. The van der Waals surface area contributed by atoms with Gasteiger partial charge >= 0.3 is 0 Å². The third-order valence-electron chi connectivity index (χ3n) is 4.11. The van der Waals surface area contributed by atoms with Gasteiger partial charge in [-0.3, -0.25) is 4.99 Å². The molecule has 2 rings (SSSR count). The zero-order chi connectivity index (χ0) is 17.4. The van der Waals surface area contributed by atoms with Crippen molar-refractivity contribution in [3.05, 3.63) is 24.3 Å². The van der Waals surface area contributed by atoms with Gasteiger partial charge in [0.1, 0.15) is 6.10 Å². The number of methoxy groups -OCH3 is 1. The first kappa shape index (κ1) is 22.2. The van der Waals surface area contributed by atoms with Crippen LogP contribution in [0.15, 0.2) is 29.3 Å². The number of benzene rings is 1. The molecule has 1 aromatic rings. The van der Waals surface area contributed by atoms with Crippen LogP contribution in [0.25, 0.3) is 0 Å². The van der Waals surface area contributed by atoms with Crippen LogP contribution in [0, 0.1) is 0 Å². The summed E-state index contributed by atoms with van der Waals surface area (Å²) in [6.07, 6.45) is 2.56. The van der Waals surface area contributed by atoms with Gasteiger partial charge < -0.3 is 20.1 Å². The number of nitrogens with one attached hydrogen (secondary N) is 2. The van der Waals surface area contributed by atoms with E-state index in [2.05, 4.69) is 22.5 Å². The van der Waals surface area contributed by atoms with Crippen molar-refractivity contribution >= 4 is 41.7 Å². The predicted octanol–water partition coefficient (Wildman–Crippen LogP) is 3.53. The molecule has 25 heavy (non-hydrogen) atoms. The number of aliphatic imine (C=N–C) groups is 1. The molecule has 1 saturated heterocycles. The molecule has 0 aromatic heterocycles. The van der Waals surface area contributed by atoms with Crippen LogP contribution in [0.1, 0.15) is 26.7 Å². The second-order valence-corrected chi connectivity index (χ2v) is 7.97. The number of ether oxygens (including phenoxy) is 2. The molecule has 1 aromatic carbocycles. The lowest BCUT2D eigenvalue weighted by molar-refractivity contribution is 0.213. The van der Waals surface area contributed by atoms with E-state index in [1.54, 1.807) is 14.2 Å². The van der Waals surface area contributed by atoms with E-state index in [0.29, 0.717) is 11.3 Å². The highest BCUT2D eigenvalue weighted by atomic mass is 127. The summed E-state index contributed by atoms with van der Waals surface area (Å²) < 4.78 is 11.6. The first-order valence-corrected chi connectivity index (χ1v) is 9.43. The average molecular weight is 479 g/mol. The molecule has 5 nitrogen and oxygen atoms in total. The zero-order valence-electron chi connectivity index (χ0n) is 15.5. The Balaban J connectivity index is 0.00000312. The molecule has 0 saturated carbocycles. The van der Waals surface area contributed by atoms with Crippen LogP contribution in [-0.2, 0) is 0 Å². The van der Waals surface area contributed by atoms with Crippen LogP contribution >= 0.6 is 35.7 Å². The molecule has 7 heteroatoms. The van der Waals surface area contributed by atoms with E-state index in [1.807, 2.05) is 43.0 Å². The number of nitrogens with zero attached hydrogens (tertiary/aromatic N) is 1. The third-order valence-corrected chi connectivity index (χ3v) is 5.65. The molecule has 0 bridgehead atoms. The quantitative estimate of drug-likeness (QED) is 0.356. The summed E-state index contributed by atoms with van der Waals surface area (Å²) in [7, 11) is 3.45. The Labute approximate surface area is 172 Å². The summed E-state index contributed by atoms with van der Waals surface area (Å²) in [5.41, 5.74) is 0. The van der Waals surface area contributed by atoms with Crippen molar-refractivity contribution in [3.63, 3.8) is 0 Å². The van der Waals surface area contributed by atoms with Crippen LogP contribution in [0.4, 0.5) is 0 Å². The van der Waals surface area contributed by atoms with Gasteiger partial charge in [0, 0.05) is 18.3 Å². The highest BCUT2D eigenvalue weighted by molar-refractivity contribution is 14.0. The molecule has 0 spiro atoms. The van der Waals surface area contributed by atoms with E-state index in [4.69, 9.17) is 9.47 Å². The van der Waals surface area contributed by atoms with Gasteiger partial charge in [-0.05, 0) is 44.6 Å². The molecule has 0 aliphatic carbocycles. The van der Waals surface area contributed by atoms with Crippen LogP contribution in [0.3, 0.4) is 0 Å². The van der Waals surface area contributed by atoms with Crippen molar-refractivity contribution < 1.29 is 9.47 Å². The number of thioether (sulfide) groups is 1. The highest BCUT2D eigenvalue weighted by Crippen LogP contribution is 2.36. The molecular weight excluding hydrogens is 449 g/mol. The summed E-state index contributed by atoms with van der Waals surface area (Å²) in [4.78, 5) is 4.30. The lowest BCUT2D eigenvalue weighted by Crippen LogP contribution is -2.46. The Morgan fingerprint density at radius 2 is 2.04 bits per heavy atom. The highest BCUT2D eigenvalue weighted by Gasteiger charge is 2.29.